The van der Waals surface area contributed by atoms with Crippen LogP contribution in [0.2, 0.25) is 0 Å². The van der Waals surface area contributed by atoms with Crippen molar-refractivity contribution in [3.8, 4) is 17.6 Å². The lowest BCUT2D eigenvalue weighted by atomic mass is 10.1. The summed E-state index contributed by atoms with van der Waals surface area (Å²) in [6.45, 7) is 1.94. The maximum atomic E-state index is 12.3. The lowest BCUT2D eigenvalue weighted by molar-refractivity contribution is 0.0747. The van der Waals surface area contributed by atoms with Gasteiger partial charge in [0, 0.05) is 24.8 Å². The molecule has 0 saturated heterocycles. The second kappa shape index (κ2) is 5.06. The third-order valence-corrected chi connectivity index (χ3v) is 3.14. The maximum absolute atomic E-state index is 12.3. The first-order chi connectivity index (χ1) is 9.04. The lowest BCUT2D eigenvalue weighted by Gasteiger charge is -2.23. The van der Waals surface area contributed by atoms with Crippen molar-refractivity contribution in [2.45, 2.75) is 19.4 Å². The van der Waals surface area contributed by atoms with Gasteiger partial charge in [0.15, 0.2) is 11.5 Å². The number of rotatable bonds is 3. The molecule has 1 aromatic rings. The number of fused-ring (bicyclic) bond motifs is 1. The Kier molecular flexibility index (Phi) is 3.47. The van der Waals surface area contributed by atoms with E-state index in [4.69, 9.17) is 20.5 Å². The molecular formula is C13H15N3O3. The quantitative estimate of drug-likeness (QED) is 0.830. The molecule has 0 radical (unpaired) electrons. The van der Waals surface area contributed by atoms with E-state index >= 15 is 0 Å². The van der Waals surface area contributed by atoms with Gasteiger partial charge in [-0.2, -0.15) is 5.26 Å². The zero-order valence-corrected chi connectivity index (χ0v) is 10.8. The van der Waals surface area contributed by atoms with Crippen molar-refractivity contribution in [1.82, 2.24) is 4.90 Å². The molecule has 6 heteroatoms. The molecule has 2 N–H and O–H groups in total. The molecule has 1 aliphatic heterocycles. The van der Waals surface area contributed by atoms with Gasteiger partial charge in [-0.15, -0.1) is 0 Å². The molecule has 1 heterocycles. The number of amides is 1. The van der Waals surface area contributed by atoms with E-state index in [2.05, 4.69) is 0 Å². The van der Waals surface area contributed by atoms with Crippen molar-refractivity contribution in [3.63, 3.8) is 0 Å². The molecule has 0 aliphatic carbocycles. The van der Waals surface area contributed by atoms with Gasteiger partial charge in [0.1, 0.15) is 0 Å². The number of ether oxygens (including phenoxy) is 2. The smallest absolute Gasteiger partial charge is 0.256 e. The molecule has 2 rings (SSSR count). The van der Waals surface area contributed by atoms with Crippen molar-refractivity contribution in [2.75, 3.05) is 19.6 Å². The highest BCUT2D eigenvalue weighted by Gasteiger charge is 2.23. The van der Waals surface area contributed by atoms with E-state index in [0.717, 1.165) is 0 Å². The minimum atomic E-state index is -0.237. The summed E-state index contributed by atoms with van der Waals surface area (Å²) >= 11 is 0. The number of nitrogens with zero attached hydrogens (tertiary/aromatic N) is 2. The molecular weight excluding hydrogens is 246 g/mol. The molecule has 1 atom stereocenters. The first kappa shape index (κ1) is 13.0. The Bertz CT molecular complexity index is 551. The van der Waals surface area contributed by atoms with Gasteiger partial charge >= 0.3 is 0 Å². The molecule has 0 saturated carbocycles. The third-order valence-electron chi connectivity index (χ3n) is 3.14. The van der Waals surface area contributed by atoms with Crippen LogP contribution in [-0.4, -0.2) is 30.7 Å². The molecule has 100 valence electrons. The summed E-state index contributed by atoms with van der Waals surface area (Å²) in [4.78, 5) is 13.8. The number of nitrogens with two attached hydrogens (primary N) is 1. The number of hydrogen-bond donors (Lipinski definition) is 1. The summed E-state index contributed by atoms with van der Waals surface area (Å²) in [5, 5.41) is 8.67. The van der Waals surface area contributed by atoms with Crippen molar-refractivity contribution >= 4 is 11.6 Å². The van der Waals surface area contributed by atoms with Crippen LogP contribution in [0, 0.1) is 11.3 Å². The molecule has 0 bridgehead atoms. The van der Waals surface area contributed by atoms with Crippen LogP contribution in [0.1, 0.15) is 23.7 Å². The highest BCUT2D eigenvalue weighted by molar-refractivity contribution is 6.00. The number of nitriles is 1. The fourth-order valence-electron chi connectivity index (χ4n) is 1.80. The fraction of sp³-hybridized carbons (Fsp3) is 0.385. The number of anilines is 1. The molecule has 19 heavy (non-hydrogen) atoms. The van der Waals surface area contributed by atoms with Gasteiger partial charge in [-0.3, -0.25) is 4.79 Å². The zero-order valence-electron chi connectivity index (χ0n) is 10.8. The fourth-order valence-corrected chi connectivity index (χ4v) is 1.80. The molecule has 0 aromatic heterocycles. The van der Waals surface area contributed by atoms with Gasteiger partial charge in [0.25, 0.3) is 5.91 Å². The van der Waals surface area contributed by atoms with Gasteiger partial charge < -0.3 is 20.1 Å². The Morgan fingerprint density at radius 1 is 1.53 bits per heavy atom. The van der Waals surface area contributed by atoms with Crippen LogP contribution < -0.4 is 15.2 Å². The summed E-state index contributed by atoms with van der Waals surface area (Å²) in [6.07, 6.45) is 0.271. The Labute approximate surface area is 111 Å². The summed E-state index contributed by atoms with van der Waals surface area (Å²) in [7, 11) is 1.65. The van der Waals surface area contributed by atoms with E-state index in [-0.39, 0.29) is 25.2 Å². The van der Waals surface area contributed by atoms with Gasteiger partial charge in [-0.25, -0.2) is 0 Å². The summed E-state index contributed by atoms with van der Waals surface area (Å²) in [5.74, 6) is 0.819. The van der Waals surface area contributed by atoms with E-state index in [1.54, 1.807) is 19.2 Å². The predicted molar refractivity (Wildman–Crippen MR) is 68.8 cm³/mol. The van der Waals surface area contributed by atoms with Gasteiger partial charge in [0.2, 0.25) is 6.79 Å². The average Bonchev–Trinajstić information content (AvgIpc) is 2.83. The Morgan fingerprint density at radius 2 is 2.16 bits per heavy atom. The van der Waals surface area contributed by atoms with E-state index < -0.39 is 0 Å². The van der Waals surface area contributed by atoms with Crippen LogP contribution in [0.15, 0.2) is 12.1 Å². The summed E-state index contributed by atoms with van der Waals surface area (Å²) in [6, 6.07) is 5.02. The molecule has 6 nitrogen and oxygen atoms in total. The molecule has 1 aliphatic rings. The normalized spacial score (nSPS) is 13.7. The molecule has 1 amide bonds. The number of carbonyl (C=O) groups is 1. The SMILES string of the molecule is CC(CC#N)N(C)C(=O)c1cc2c(cc1N)OCO2. The van der Waals surface area contributed by atoms with Crippen LogP contribution in [0.4, 0.5) is 5.69 Å². The van der Waals surface area contributed by atoms with Gasteiger partial charge in [0.05, 0.1) is 18.1 Å². The second-order valence-electron chi connectivity index (χ2n) is 4.42. The molecule has 0 fully saturated rings. The first-order valence-electron chi connectivity index (χ1n) is 5.87. The van der Waals surface area contributed by atoms with E-state index in [1.807, 2.05) is 13.0 Å². The van der Waals surface area contributed by atoms with Crippen LogP contribution >= 0.6 is 0 Å². The molecule has 0 spiro atoms. The first-order valence-corrected chi connectivity index (χ1v) is 5.87. The van der Waals surface area contributed by atoms with Crippen molar-refractivity contribution < 1.29 is 14.3 Å². The third kappa shape index (κ3) is 2.40. The van der Waals surface area contributed by atoms with Gasteiger partial charge in [-0.05, 0) is 13.0 Å². The van der Waals surface area contributed by atoms with Crippen molar-refractivity contribution in [2.24, 2.45) is 0 Å². The Morgan fingerprint density at radius 3 is 2.79 bits per heavy atom. The van der Waals surface area contributed by atoms with Crippen LogP contribution in [0.5, 0.6) is 11.5 Å². The summed E-state index contributed by atoms with van der Waals surface area (Å²) < 4.78 is 10.4. The van der Waals surface area contributed by atoms with Crippen LogP contribution in [0.25, 0.3) is 0 Å². The highest BCUT2D eigenvalue weighted by Crippen LogP contribution is 2.36. The minimum Gasteiger partial charge on any atom is -0.454 e. The lowest BCUT2D eigenvalue weighted by Crippen LogP contribution is -2.35. The minimum absolute atomic E-state index is 0.132. The molecule has 1 unspecified atom stereocenters. The van der Waals surface area contributed by atoms with E-state index in [0.29, 0.717) is 22.7 Å². The largest absolute Gasteiger partial charge is 0.454 e. The van der Waals surface area contributed by atoms with E-state index in [1.165, 1.54) is 4.90 Å². The Balaban J connectivity index is 2.27. The summed E-state index contributed by atoms with van der Waals surface area (Å²) in [5.41, 5.74) is 6.55. The number of carbonyl (C=O) groups excluding carboxylic acids is 1. The second-order valence-corrected chi connectivity index (χ2v) is 4.42. The van der Waals surface area contributed by atoms with Crippen molar-refractivity contribution in [3.05, 3.63) is 17.7 Å². The van der Waals surface area contributed by atoms with Crippen molar-refractivity contribution in [1.29, 1.82) is 5.26 Å². The Hall–Kier alpha value is -2.42. The van der Waals surface area contributed by atoms with Crippen LogP contribution in [-0.2, 0) is 0 Å². The van der Waals surface area contributed by atoms with Gasteiger partial charge in [-0.1, -0.05) is 0 Å². The standard InChI is InChI=1S/C13H15N3O3/c1-8(3-4-14)16(2)13(17)9-5-11-12(6-10(9)15)19-7-18-11/h5-6,8H,3,7,15H2,1-2H3. The predicted octanol–water partition coefficient (Wildman–Crippen LogP) is 1.37. The average molecular weight is 261 g/mol. The van der Waals surface area contributed by atoms with E-state index in [9.17, 15) is 4.79 Å². The molecule has 1 aromatic carbocycles. The number of benzene rings is 1. The highest BCUT2D eigenvalue weighted by atomic mass is 16.7. The maximum Gasteiger partial charge on any atom is 0.256 e. The number of hydrogen-bond acceptors (Lipinski definition) is 5. The zero-order chi connectivity index (χ0) is 14.0. The number of nitrogen functional groups attached to an aromatic ring is 1. The topological polar surface area (TPSA) is 88.6 Å². The monoisotopic (exact) mass is 261 g/mol. The van der Waals surface area contributed by atoms with Crippen LogP contribution in [0.3, 0.4) is 0 Å².